The Hall–Kier alpha value is -2.33. The van der Waals surface area contributed by atoms with Crippen molar-refractivity contribution in [3.63, 3.8) is 0 Å². The summed E-state index contributed by atoms with van der Waals surface area (Å²) < 4.78 is 2.19. The van der Waals surface area contributed by atoms with Crippen LogP contribution in [-0.2, 0) is 6.54 Å². The first-order valence-electron chi connectivity index (χ1n) is 5.64. The number of hydrogen-bond acceptors (Lipinski definition) is 0. The lowest BCUT2D eigenvalue weighted by Crippen LogP contribution is -2.34. The molecule has 1 heterocycles. The molecule has 0 bridgehead atoms. The zero-order chi connectivity index (χ0) is 11.7. The molecule has 2 aromatic carbocycles. The fourth-order valence-electron chi connectivity index (χ4n) is 2.27. The van der Waals surface area contributed by atoms with Crippen LogP contribution >= 0.6 is 0 Å². The van der Waals surface area contributed by atoms with Crippen molar-refractivity contribution >= 4 is 21.8 Å². The Balaban J connectivity index is 2.52. The van der Waals surface area contributed by atoms with Gasteiger partial charge in [0.25, 0.3) is 0 Å². The van der Waals surface area contributed by atoms with E-state index in [4.69, 9.17) is 6.42 Å². The maximum absolute atomic E-state index is 5.47. The largest absolute Gasteiger partial charge is 0.213 e. The SMILES string of the molecule is C#CC[n+]1c2ccccc2cc2ccccc21. The van der Waals surface area contributed by atoms with Crippen molar-refractivity contribution in [2.24, 2.45) is 0 Å². The van der Waals surface area contributed by atoms with Crippen LogP contribution in [0.5, 0.6) is 0 Å². The quantitative estimate of drug-likeness (QED) is 0.336. The van der Waals surface area contributed by atoms with Crippen molar-refractivity contribution < 1.29 is 4.57 Å². The van der Waals surface area contributed by atoms with Gasteiger partial charge in [-0.25, -0.2) is 0 Å². The highest BCUT2D eigenvalue weighted by atomic mass is 15.0. The van der Waals surface area contributed by atoms with Gasteiger partial charge in [-0.15, -0.1) is 6.42 Å². The molecule has 0 saturated carbocycles. The Morgan fingerprint density at radius 3 is 1.94 bits per heavy atom. The van der Waals surface area contributed by atoms with Gasteiger partial charge in [-0.05, 0) is 24.1 Å². The zero-order valence-corrected chi connectivity index (χ0v) is 9.43. The van der Waals surface area contributed by atoms with Crippen LogP contribution in [0.2, 0.25) is 0 Å². The molecule has 0 fully saturated rings. The third-order valence-electron chi connectivity index (χ3n) is 3.02. The van der Waals surface area contributed by atoms with Crippen LogP contribution in [0.15, 0.2) is 54.6 Å². The first-order chi connectivity index (χ1) is 8.40. The molecule has 0 saturated heterocycles. The van der Waals surface area contributed by atoms with E-state index in [-0.39, 0.29) is 0 Å². The lowest BCUT2D eigenvalue weighted by molar-refractivity contribution is -0.632. The summed E-state index contributed by atoms with van der Waals surface area (Å²) in [6.45, 7) is 0.599. The van der Waals surface area contributed by atoms with Gasteiger partial charge in [-0.3, -0.25) is 0 Å². The minimum Gasteiger partial charge on any atom is -0.180 e. The van der Waals surface area contributed by atoms with Crippen molar-refractivity contribution in [1.82, 2.24) is 0 Å². The molecule has 1 heteroatoms. The van der Waals surface area contributed by atoms with Crippen LogP contribution in [0.3, 0.4) is 0 Å². The molecule has 3 rings (SSSR count). The smallest absolute Gasteiger partial charge is 0.180 e. The summed E-state index contributed by atoms with van der Waals surface area (Å²) >= 11 is 0. The fraction of sp³-hybridized carbons (Fsp3) is 0.0625. The van der Waals surface area contributed by atoms with Crippen molar-refractivity contribution in [2.45, 2.75) is 6.54 Å². The average molecular weight is 218 g/mol. The number of rotatable bonds is 1. The Morgan fingerprint density at radius 2 is 1.41 bits per heavy atom. The molecule has 0 spiro atoms. The summed E-state index contributed by atoms with van der Waals surface area (Å²) in [5, 5.41) is 2.45. The Kier molecular flexibility index (Phi) is 2.27. The molecule has 1 nitrogen and oxygen atoms in total. The summed E-state index contributed by atoms with van der Waals surface area (Å²) in [6, 6.07) is 18.9. The normalized spacial score (nSPS) is 10.5. The number of terminal acetylenes is 1. The van der Waals surface area contributed by atoms with Crippen LogP contribution in [0.1, 0.15) is 0 Å². The highest BCUT2D eigenvalue weighted by Gasteiger charge is 2.12. The third-order valence-corrected chi connectivity index (χ3v) is 3.02. The van der Waals surface area contributed by atoms with Crippen LogP contribution < -0.4 is 4.57 Å². The summed E-state index contributed by atoms with van der Waals surface area (Å²) in [5.74, 6) is 2.73. The molecular formula is C16H12N+. The van der Waals surface area contributed by atoms with Gasteiger partial charge in [0.05, 0.1) is 0 Å². The predicted octanol–water partition coefficient (Wildman–Crippen LogP) is 2.91. The number of aromatic nitrogens is 1. The molecule has 3 aromatic rings. The van der Waals surface area contributed by atoms with Crippen LogP contribution in [0.25, 0.3) is 21.8 Å². The maximum atomic E-state index is 5.47. The molecule has 0 atom stereocenters. The number of benzene rings is 2. The fourth-order valence-corrected chi connectivity index (χ4v) is 2.27. The number of para-hydroxylation sites is 2. The second kappa shape index (κ2) is 3.92. The van der Waals surface area contributed by atoms with E-state index in [0.717, 1.165) is 0 Å². The summed E-state index contributed by atoms with van der Waals surface area (Å²) in [7, 11) is 0. The van der Waals surface area contributed by atoms with E-state index in [1.165, 1.54) is 21.8 Å². The van der Waals surface area contributed by atoms with Gasteiger partial charge in [-0.1, -0.05) is 24.3 Å². The Morgan fingerprint density at radius 1 is 0.882 bits per heavy atom. The van der Waals surface area contributed by atoms with E-state index in [1.807, 2.05) is 12.1 Å². The van der Waals surface area contributed by atoms with E-state index in [9.17, 15) is 0 Å². The monoisotopic (exact) mass is 218 g/mol. The molecule has 0 aliphatic rings. The van der Waals surface area contributed by atoms with Gasteiger partial charge in [-0.2, -0.15) is 4.57 Å². The number of fused-ring (bicyclic) bond motifs is 2. The maximum Gasteiger partial charge on any atom is 0.213 e. The van der Waals surface area contributed by atoms with Gasteiger partial charge in [0.1, 0.15) is 0 Å². The van der Waals surface area contributed by atoms with Gasteiger partial charge < -0.3 is 0 Å². The highest BCUT2D eigenvalue weighted by Crippen LogP contribution is 2.17. The molecule has 1 aromatic heterocycles. The molecule has 0 amide bonds. The van der Waals surface area contributed by atoms with E-state index >= 15 is 0 Å². The lowest BCUT2D eigenvalue weighted by atomic mass is 10.1. The Bertz CT molecular complexity index is 681. The van der Waals surface area contributed by atoms with E-state index in [1.54, 1.807) is 0 Å². The third kappa shape index (κ3) is 1.55. The summed E-state index contributed by atoms with van der Waals surface area (Å²) in [6.07, 6.45) is 5.47. The lowest BCUT2D eigenvalue weighted by Gasteiger charge is -2.02. The summed E-state index contributed by atoms with van der Waals surface area (Å²) in [5.41, 5.74) is 2.37. The van der Waals surface area contributed by atoms with Crippen LogP contribution in [0, 0.1) is 12.3 Å². The number of pyridine rings is 1. The second-order valence-electron chi connectivity index (χ2n) is 4.05. The molecule has 80 valence electrons. The first-order valence-corrected chi connectivity index (χ1v) is 5.64. The van der Waals surface area contributed by atoms with Crippen molar-refractivity contribution in [2.75, 3.05) is 0 Å². The van der Waals surface area contributed by atoms with Crippen LogP contribution in [-0.4, -0.2) is 0 Å². The average Bonchev–Trinajstić information content (AvgIpc) is 2.39. The first kappa shape index (κ1) is 9.86. The molecule has 0 aliphatic heterocycles. The number of nitrogens with zero attached hydrogens (tertiary/aromatic N) is 1. The van der Waals surface area contributed by atoms with Crippen molar-refractivity contribution in [3.05, 3.63) is 54.6 Å². The minimum atomic E-state index is 0.599. The predicted molar refractivity (Wildman–Crippen MR) is 70.5 cm³/mol. The second-order valence-corrected chi connectivity index (χ2v) is 4.05. The van der Waals surface area contributed by atoms with Gasteiger partial charge >= 0.3 is 0 Å². The van der Waals surface area contributed by atoms with Gasteiger partial charge in [0.2, 0.25) is 17.6 Å². The summed E-state index contributed by atoms with van der Waals surface area (Å²) in [4.78, 5) is 0. The topological polar surface area (TPSA) is 3.88 Å². The van der Waals surface area contributed by atoms with Crippen molar-refractivity contribution in [3.8, 4) is 12.3 Å². The molecule has 0 aliphatic carbocycles. The minimum absolute atomic E-state index is 0.599. The van der Waals surface area contributed by atoms with Crippen LogP contribution in [0.4, 0.5) is 0 Å². The highest BCUT2D eigenvalue weighted by molar-refractivity contribution is 5.88. The number of hydrogen-bond donors (Lipinski definition) is 0. The molecule has 0 radical (unpaired) electrons. The zero-order valence-electron chi connectivity index (χ0n) is 9.43. The van der Waals surface area contributed by atoms with E-state index in [0.29, 0.717) is 6.54 Å². The van der Waals surface area contributed by atoms with Gasteiger partial charge in [0.15, 0.2) is 0 Å². The molecule has 0 unspecified atom stereocenters. The van der Waals surface area contributed by atoms with E-state index < -0.39 is 0 Å². The molecule has 0 N–H and O–H groups in total. The molecule has 17 heavy (non-hydrogen) atoms. The van der Waals surface area contributed by atoms with Gasteiger partial charge in [0, 0.05) is 22.9 Å². The standard InChI is InChI=1S/C16H12N/c1-2-11-17-15-9-5-3-7-13(15)12-14-8-4-6-10-16(14)17/h1,3-10,12H,11H2/q+1. The molecular weight excluding hydrogens is 206 g/mol. The van der Waals surface area contributed by atoms with Crippen molar-refractivity contribution in [1.29, 1.82) is 0 Å². The Labute approximate surface area is 100 Å². The van der Waals surface area contributed by atoms with E-state index in [2.05, 4.69) is 53.0 Å².